The normalized spacial score (nSPS) is 21.0. The van der Waals surface area contributed by atoms with Crippen molar-refractivity contribution >= 4 is 17.5 Å². The monoisotopic (exact) mass is 443 g/mol. The molecule has 0 bridgehead atoms. The van der Waals surface area contributed by atoms with Gasteiger partial charge in [0.1, 0.15) is 17.2 Å². The van der Waals surface area contributed by atoms with Crippen molar-refractivity contribution in [1.29, 1.82) is 0 Å². The lowest BCUT2D eigenvalue weighted by Gasteiger charge is -2.39. The number of amides is 1. The molecular formula is C26H25N3O4. The smallest absolute Gasteiger partial charge is 0.255 e. The zero-order chi connectivity index (χ0) is 22.9. The number of Topliss-reactive ketones (excluding diaryl/α,β-unsaturated/α-hetero) is 2. The first-order chi connectivity index (χ1) is 16.0. The Bertz CT molecular complexity index is 1150. The number of ketones is 2. The Balaban J connectivity index is 1.16. The molecule has 0 spiro atoms. The van der Waals surface area contributed by atoms with Gasteiger partial charge in [0, 0.05) is 49.3 Å². The predicted molar refractivity (Wildman–Crippen MR) is 120 cm³/mol. The van der Waals surface area contributed by atoms with Crippen molar-refractivity contribution in [3.8, 4) is 18.1 Å². The molecular weight excluding hydrogens is 418 g/mol. The molecule has 2 aliphatic heterocycles. The lowest BCUT2D eigenvalue weighted by Crippen LogP contribution is -2.48. The van der Waals surface area contributed by atoms with Crippen LogP contribution in [0.1, 0.15) is 46.4 Å². The fraction of sp³-hybridized carbons (Fsp3) is 0.385. The van der Waals surface area contributed by atoms with Gasteiger partial charge in [-0.25, -0.2) is 4.98 Å². The molecule has 7 heteroatoms. The second-order valence-electron chi connectivity index (χ2n) is 9.02. The number of likely N-dealkylation sites (tertiary alicyclic amines) is 1. The first-order valence-corrected chi connectivity index (χ1v) is 11.3. The summed E-state index contributed by atoms with van der Waals surface area (Å²) in [6.45, 7) is 3.62. The van der Waals surface area contributed by atoms with Crippen molar-refractivity contribution < 1.29 is 19.1 Å². The first-order valence-electron chi connectivity index (χ1n) is 11.3. The molecule has 0 N–H and O–H groups in total. The van der Waals surface area contributed by atoms with Crippen molar-refractivity contribution in [1.82, 2.24) is 14.8 Å². The van der Waals surface area contributed by atoms with Crippen LogP contribution < -0.4 is 4.74 Å². The zero-order valence-electron chi connectivity index (χ0n) is 18.3. The van der Waals surface area contributed by atoms with Gasteiger partial charge in [0.15, 0.2) is 5.78 Å². The van der Waals surface area contributed by atoms with Crippen LogP contribution in [0.5, 0.6) is 5.75 Å². The van der Waals surface area contributed by atoms with Crippen molar-refractivity contribution in [2.24, 2.45) is 5.92 Å². The minimum Gasteiger partial charge on any atom is -0.493 e. The van der Waals surface area contributed by atoms with Gasteiger partial charge >= 0.3 is 0 Å². The van der Waals surface area contributed by atoms with Crippen molar-refractivity contribution in [2.75, 3.05) is 19.7 Å². The molecule has 7 nitrogen and oxygen atoms in total. The molecule has 3 heterocycles. The van der Waals surface area contributed by atoms with Crippen LogP contribution in [0.3, 0.4) is 0 Å². The van der Waals surface area contributed by atoms with E-state index in [-0.39, 0.29) is 23.9 Å². The van der Waals surface area contributed by atoms with E-state index in [1.165, 1.54) is 0 Å². The summed E-state index contributed by atoms with van der Waals surface area (Å²) in [5.41, 5.74) is 3.20. The highest BCUT2D eigenvalue weighted by atomic mass is 16.5. The number of ether oxygens (including phenoxy) is 1. The number of rotatable bonds is 6. The zero-order valence-corrected chi connectivity index (χ0v) is 18.3. The molecule has 1 aliphatic carbocycles. The summed E-state index contributed by atoms with van der Waals surface area (Å²) < 4.78 is 6.13. The third-order valence-electron chi connectivity index (χ3n) is 6.65. The third kappa shape index (κ3) is 4.27. The number of hydrogen-bond acceptors (Lipinski definition) is 6. The number of carbonyl (C=O) groups excluding carboxylic acids is 3. The number of terminal acetylenes is 1. The van der Waals surface area contributed by atoms with Gasteiger partial charge in [-0.3, -0.25) is 19.3 Å². The fourth-order valence-corrected chi connectivity index (χ4v) is 4.88. The maximum atomic E-state index is 12.9. The number of nitrogens with zero attached hydrogens (tertiary/aromatic N) is 3. The molecule has 3 aliphatic rings. The molecule has 2 aromatic rings. The van der Waals surface area contributed by atoms with Crippen LogP contribution in [0.15, 0.2) is 36.5 Å². The lowest BCUT2D eigenvalue weighted by molar-refractivity contribution is -0.133. The summed E-state index contributed by atoms with van der Waals surface area (Å²) in [5.74, 6) is 3.29. The van der Waals surface area contributed by atoms with Crippen LogP contribution >= 0.6 is 0 Å². The van der Waals surface area contributed by atoms with Crippen molar-refractivity contribution in [3.05, 3.63) is 58.9 Å². The number of aromatic nitrogens is 1. The van der Waals surface area contributed by atoms with Crippen LogP contribution in [0.2, 0.25) is 0 Å². The second kappa shape index (κ2) is 8.80. The first kappa shape index (κ1) is 21.4. The molecule has 1 unspecified atom stereocenters. The molecule has 1 saturated carbocycles. The maximum absolute atomic E-state index is 12.9. The molecule has 33 heavy (non-hydrogen) atoms. The predicted octanol–water partition coefficient (Wildman–Crippen LogP) is 2.22. The van der Waals surface area contributed by atoms with E-state index in [0.717, 1.165) is 30.8 Å². The SMILES string of the molecule is C#Cc1ccc(CN2CC(COc3cccc4c3CN(C3CCC(=O)CC3=O)C4=O)C2)cn1. The Labute approximate surface area is 192 Å². The third-order valence-corrected chi connectivity index (χ3v) is 6.65. The molecule has 1 atom stereocenters. The van der Waals surface area contributed by atoms with E-state index in [0.29, 0.717) is 48.9 Å². The van der Waals surface area contributed by atoms with E-state index in [9.17, 15) is 14.4 Å². The van der Waals surface area contributed by atoms with E-state index < -0.39 is 6.04 Å². The van der Waals surface area contributed by atoms with Gasteiger partial charge in [0.2, 0.25) is 0 Å². The number of fused-ring (bicyclic) bond motifs is 1. The quantitative estimate of drug-likeness (QED) is 0.503. The summed E-state index contributed by atoms with van der Waals surface area (Å²) in [7, 11) is 0. The Morgan fingerprint density at radius 2 is 2.00 bits per heavy atom. The van der Waals surface area contributed by atoms with Gasteiger partial charge in [0.05, 0.1) is 25.6 Å². The highest BCUT2D eigenvalue weighted by Crippen LogP contribution is 2.34. The van der Waals surface area contributed by atoms with E-state index in [1.807, 2.05) is 30.5 Å². The molecule has 1 aromatic carbocycles. The summed E-state index contributed by atoms with van der Waals surface area (Å²) in [4.78, 5) is 45.1. The maximum Gasteiger partial charge on any atom is 0.255 e. The van der Waals surface area contributed by atoms with Gasteiger partial charge < -0.3 is 9.64 Å². The molecule has 5 rings (SSSR count). The number of benzene rings is 1. The number of carbonyl (C=O) groups is 3. The van der Waals surface area contributed by atoms with Gasteiger partial charge in [-0.1, -0.05) is 18.1 Å². The largest absolute Gasteiger partial charge is 0.493 e. The number of hydrogen-bond donors (Lipinski definition) is 0. The molecule has 1 amide bonds. The Morgan fingerprint density at radius 3 is 2.73 bits per heavy atom. The minimum absolute atomic E-state index is 0.0418. The summed E-state index contributed by atoms with van der Waals surface area (Å²) in [6, 6.07) is 8.84. The molecule has 1 saturated heterocycles. The summed E-state index contributed by atoms with van der Waals surface area (Å²) in [5, 5.41) is 0. The Morgan fingerprint density at radius 1 is 1.15 bits per heavy atom. The molecule has 0 radical (unpaired) electrons. The van der Waals surface area contributed by atoms with E-state index in [4.69, 9.17) is 11.2 Å². The van der Waals surface area contributed by atoms with Crippen LogP contribution in [0, 0.1) is 18.3 Å². The average Bonchev–Trinajstić information content (AvgIpc) is 3.12. The van der Waals surface area contributed by atoms with Gasteiger partial charge in [0.25, 0.3) is 5.91 Å². The molecule has 168 valence electrons. The fourth-order valence-electron chi connectivity index (χ4n) is 4.88. The topological polar surface area (TPSA) is 79.8 Å². The van der Waals surface area contributed by atoms with Crippen molar-refractivity contribution in [3.63, 3.8) is 0 Å². The molecule has 1 aromatic heterocycles. The van der Waals surface area contributed by atoms with Gasteiger partial charge in [-0.2, -0.15) is 0 Å². The van der Waals surface area contributed by atoms with Crippen LogP contribution in [-0.2, 0) is 22.7 Å². The minimum atomic E-state index is -0.514. The van der Waals surface area contributed by atoms with E-state index in [2.05, 4.69) is 15.8 Å². The van der Waals surface area contributed by atoms with E-state index >= 15 is 0 Å². The van der Waals surface area contributed by atoms with Crippen LogP contribution in [0.4, 0.5) is 0 Å². The second-order valence-corrected chi connectivity index (χ2v) is 9.02. The highest BCUT2D eigenvalue weighted by molar-refractivity contribution is 6.07. The van der Waals surface area contributed by atoms with Crippen LogP contribution in [-0.4, -0.2) is 58.0 Å². The Hall–Kier alpha value is -3.50. The lowest BCUT2D eigenvalue weighted by atomic mass is 9.92. The van der Waals surface area contributed by atoms with Gasteiger partial charge in [-0.05, 0) is 30.2 Å². The number of pyridine rings is 1. The van der Waals surface area contributed by atoms with Gasteiger partial charge in [-0.15, -0.1) is 6.42 Å². The summed E-state index contributed by atoms with van der Waals surface area (Å²) in [6.07, 6.45) is 7.86. The Kier molecular flexibility index (Phi) is 5.69. The average molecular weight is 444 g/mol. The standard InChI is InChI=1S/C26H25N3O4/c1-2-19-7-6-17(11-27-19)12-28-13-18(14-28)16-33-25-5-3-4-21-22(25)15-29(26(21)32)23-9-8-20(30)10-24(23)31/h1,3-7,11,18,23H,8-10,12-16H2. The van der Waals surface area contributed by atoms with E-state index in [1.54, 1.807) is 11.0 Å². The molecule has 2 fully saturated rings. The highest BCUT2D eigenvalue weighted by Gasteiger charge is 2.40. The van der Waals surface area contributed by atoms with Crippen molar-refractivity contribution in [2.45, 2.75) is 38.4 Å². The van der Waals surface area contributed by atoms with Crippen LogP contribution in [0.25, 0.3) is 0 Å². The summed E-state index contributed by atoms with van der Waals surface area (Å²) >= 11 is 0.